The molecule has 2 aromatic rings. The highest BCUT2D eigenvalue weighted by Gasteiger charge is 2.37. The van der Waals surface area contributed by atoms with E-state index in [4.69, 9.17) is 11.6 Å². The molecule has 0 spiro atoms. The van der Waals surface area contributed by atoms with Crippen LogP contribution in [-0.2, 0) is 0 Å². The van der Waals surface area contributed by atoms with Crippen LogP contribution in [0.25, 0.3) is 0 Å². The highest BCUT2D eigenvalue weighted by Crippen LogP contribution is 2.35. The van der Waals surface area contributed by atoms with E-state index in [1.807, 2.05) is 0 Å². The van der Waals surface area contributed by atoms with Gasteiger partial charge >= 0.3 is 0 Å². The predicted molar refractivity (Wildman–Crippen MR) is 81.7 cm³/mol. The molecule has 100 valence electrons. The number of hydrogen-bond acceptors (Lipinski definition) is 2. The normalized spacial score (nSPS) is 13.8. The first-order valence-corrected chi connectivity index (χ1v) is 7.08. The summed E-state index contributed by atoms with van der Waals surface area (Å²) in [6, 6.07) is 9.02. The Morgan fingerprint density at radius 2 is 1.60 bits per heavy atom. The van der Waals surface area contributed by atoms with E-state index in [0.29, 0.717) is 14.7 Å². The molecule has 6 heteroatoms. The molecule has 0 bridgehead atoms. The van der Waals surface area contributed by atoms with Gasteiger partial charge in [-0.05, 0) is 46.9 Å². The average Bonchev–Trinajstić information content (AvgIpc) is 2.68. The van der Waals surface area contributed by atoms with E-state index in [0.717, 1.165) is 11.0 Å². The number of benzene rings is 2. The minimum atomic E-state index is -0.490. The summed E-state index contributed by atoms with van der Waals surface area (Å²) in [4.78, 5) is 25.6. The second-order valence-corrected chi connectivity index (χ2v) is 5.78. The third kappa shape index (κ3) is 1.92. The van der Waals surface area contributed by atoms with Gasteiger partial charge in [-0.15, -0.1) is 0 Å². The summed E-state index contributed by atoms with van der Waals surface area (Å²) in [7, 11) is 0. The first-order chi connectivity index (χ1) is 9.50. The number of nitrogens with zero attached hydrogens (tertiary/aromatic N) is 1. The van der Waals surface area contributed by atoms with E-state index < -0.39 is 17.6 Å². The third-order valence-electron chi connectivity index (χ3n) is 3.02. The maximum Gasteiger partial charge on any atom is 0.266 e. The summed E-state index contributed by atoms with van der Waals surface area (Å²) in [5.74, 6) is -1.39. The lowest BCUT2D eigenvalue weighted by Crippen LogP contribution is -2.29. The zero-order valence-corrected chi connectivity index (χ0v) is 12.8. The minimum absolute atomic E-state index is 0.0254. The van der Waals surface area contributed by atoms with Crippen LogP contribution >= 0.6 is 34.2 Å². The summed E-state index contributed by atoms with van der Waals surface area (Å²) in [5.41, 5.74) is 0.851. The van der Waals surface area contributed by atoms with E-state index in [2.05, 4.69) is 0 Å². The number of rotatable bonds is 1. The van der Waals surface area contributed by atoms with E-state index in [1.165, 1.54) is 6.07 Å². The van der Waals surface area contributed by atoms with Crippen LogP contribution < -0.4 is 4.90 Å². The smallest absolute Gasteiger partial charge is 0.266 e. The third-order valence-corrected chi connectivity index (χ3v) is 4.15. The lowest BCUT2D eigenvalue weighted by Gasteiger charge is -2.16. The maximum absolute atomic E-state index is 13.4. The Morgan fingerprint density at radius 3 is 2.15 bits per heavy atom. The fourth-order valence-corrected chi connectivity index (χ4v) is 2.78. The standard InChI is InChI=1S/C14H6ClFINO2/c15-9-5-10(16)11(17)6-12(9)18-13(19)7-3-1-2-4-8(7)14(18)20/h1-6H. The number of fused-ring (bicyclic) bond motifs is 1. The van der Waals surface area contributed by atoms with Crippen molar-refractivity contribution in [2.75, 3.05) is 4.90 Å². The van der Waals surface area contributed by atoms with Crippen molar-refractivity contribution in [3.63, 3.8) is 0 Å². The van der Waals surface area contributed by atoms with Crippen LogP contribution in [0.15, 0.2) is 36.4 Å². The molecule has 3 nitrogen and oxygen atoms in total. The van der Waals surface area contributed by atoms with Crippen molar-refractivity contribution in [1.29, 1.82) is 0 Å². The highest BCUT2D eigenvalue weighted by molar-refractivity contribution is 14.1. The Morgan fingerprint density at radius 1 is 1.05 bits per heavy atom. The van der Waals surface area contributed by atoms with Crippen LogP contribution in [0.1, 0.15) is 20.7 Å². The number of carbonyl (C=O) groups excluding carboxylic acids is 2. The fourth-order valence-electron chi connectivity index (χ4n) is 2.09. The Hall–Kier alpha value is -1.47. The molecular formula is C14H6ClFINO2. The monoisotopic (exact) mass is 401 g/mol. The van der Waals surface area contributed by atoms with Crippen LogP contribution in [0.2, 0.25) is 5.02 Å². The van der Waals surface area contributed by atoms with Gasteiger partial charge < -0.3 is 0 Å². The topological polar surface area (TPSA) is 37.4 Å². The molecule has 0 aromatic heterocycles. The number of anilines is 1. The van der Waals surface area contributed by atoms with Crippen LogP contribution in [0.4, 0.5) is 10.1 Å². The summed E-state index contributed by atoms with van der Waals surface area (Å²) in [6.07, 6.45) is 0. The van der Waals surface area contributed by atoms with Crippen LogP contribution in [0.5, 0.6) is 0 Å². The molecule has 1 aliphatic rings. The largest absolute Gasteiger partial charge is 0.268 e. The fraction of sp³-hybridized carbons (Fsp3) is 0. The second kappa shape index (κ2) is 4.82. The predicted octanol–water partition coefficient (Wildman–Crippen LogP) is 3.88. The van der Waals surface area contributed by atoms with Crippen molar-refractivity contribution >= 4 is 51.7 Å². The van der Waals surface area contributed by atoms with Crippen molar-refractivity contribution in [3.05, 3.63) is 61.9 Å². The number of amides is 2. The minimum Gasteiger partial charge on any atom is -0.268 e. The van der Waals surface area contributed by atoms with Crippen molar-refractivity contribution in [1.82, 2.24) is 0 Å². The molecule has 0 atom stereocenters. The molecule has 2 aromatic carbocycles. The van der Waals surface area contributed by atoms with Gasteiger partial charge in [0.15, 0.2) is 0 Å². The molecule has 0 unspecified atom stereocenters. The van der Waals surface area contributed by atoms with Crippen molar-refractivity contribution < 1.29 is 14.0 Å². The Labute approximate surface area is 132 Å². The van der Waals surface area contributed by atoms with Gasteiger partial charge in [-0.3, -0.25) is 9.59 Å². The van der Waals surface area contributed by atoms with Gasteiger partial charge in [-0.1, -0.05) is 23.7 Å². The van der Waals surface area contributed by atoms with Gasteiger partial charge in [0.2, 0.25) is 0 Å². The number of imide groups is 1. The van der Waals surface area contributed by atoms with Gasteiger partial charge in [0.05, 0.1) is 25.4 Å². The lowest BCUT2D eigenvalue weighted by atomic mass is 10.1. The molecule has 0 radical (unpaired) electrons. The summed E-state index contributed by atoms with van der Waals surface area (Å²) in [5, 5.41) is 0.0254. The zero-order valence-electron chi connectivity index (χ0n) is 9.86. The average molecular weight is 402 g/mol. The molecule has 0 aliphatic carbocycles. The number of carbonyl (C=O) groups is 2. The first-order valence-electron chi connectivity index (χ1n) is 5.63. The first kappa shape index (κ1) is 13.5. The molecule has 1 aliphatic heterocycles. The molecule has 1 heterocycles. The van der Waals surface area contributed by atoms with E-state index in [9.17, 15) is 14.0 Å². The molecule has 0 N–H and O–H groups in total. The van der Waals surface area contributed by atoms with Gasteiger partial charge in [-0.25, -0.2) is 9.29 Å². The molecule has 3 rings (SSSR count). The van der Waals surface area contributed by atoms with Crippen molar-refractivity contribution in [3.8, 4) is 0 Å². The molecule has 20 heavy (non-hydrogen) atoms. The molecule has 0 fully saturated rings. The highest BCUT2D eigenvalue weighted by atomic mass is 127. The van der Waals surface area contributed by atoms with E-state index in [1.54, 1.807) is 46.9 Å². The van der Waals surface area contributed by atoms with Gasteiger partial charge in [0, 0.05) is 0 Å². The van der Waals surface area contributed by atoms with Crippen molar-refractivity contribution in [2.45, 2.75) is 0 Å². The summed E-state index contributed by atoms with van der Waals surface area (Å²) < 4.78 is 13.7. The second-order valence-electron chi connectivity index (χ2n) is 4.21. The lowest BCUT2D eigenvalue weighted by molar-refractivity contribution is 0.0926. The molecule has 0 saturated heterocycles. The van der Waals surface area contributed by atoms with Gasteiger partial charge in [-0.2, -0.15) is 0 Å². The summed E-state index contributed by atoms with van der Waals surface area (Å²) in [6.45, 7) is 0. The number of hydrogen-bond donors (Lipinski definition) is 0. The van der Waals surface area contributed by atoms with Crippen molar-refractivity contribution in [2.24, 2.45) is 0 Å². The van der Waals surface area contributed by atoms with Crippen LogP contribution in [-0.4, -0.2) is 11.8 Å². The number of halogens is 3. The Kier molecular flexibility index (Phi) is 3.25. The molecule has 0 saturated carbocycles. The summed E-state index contributed by atoms with van der Waals surface area (Å²) >= 11 is 7.75. The van der Waals surface area contributed by atoms with Gasteiger partial charge in [0.25, 0.3) is 11.8 Å². The van der Waals surface area contributed by atoms with E-state index in [-0.39, 0.29) is 10.7 Å². The van der Waals surface area contributed by atoms with Gasteiger partial charge in [0.1, 0.15) is 5.82 Å². The van der Waals surface area contributed by atoms with Crippen LogP contribution in [0, 0.1) is 9.39 Å². The van der Waals surface area contributed by atoms with Crippen LogP contribution in [0.3, 0.4) is 0 Å². The molecule has 2 amide bonds. The zero-order chi connectivity index (χ0) is 14.4. The SMILES string of the molecule is O=C1c2ccccc2C(=O)N1c1cc(I)c(F)cc1Cl. The maximum atomic E-state index is 13.4. The Bertz CT molecular complexity index is 728. The Balaban J connectivity index is 2.17. The van der Waals surface area contributed by atoms with E-state index >= 15 is 0 Å². The quantitative estimate of drug-likeness (QED) is 0.413. The molecular weight excluding hydrogens is 396 g/mol.